The molecule has 0 spiro atoms. The summed E-state index contributed by atoms with van der Waals surface area (Å²) in [7, 11) is 1.34. The number of hydrogen-bond donors (Lipinski definition) is 1. The molecular formula is C30H34ClN3O4. The maximum absolute atomic E-state index is 13.0. The van der Waals surface area contributed by atoms with Crippen LogP contribution in [0.2, 0.25) is 5.02 Å². The second-order valence-electron chi connectivity index (χ2n) is 9.53. The molecule has 200 valence electrons. The molecule has 1 atom stereocenters. The van der Waals surface area contributed by atoms with Gasteiger partial charge in [0, 0.05) is 43.4 Å². The third kappa shape index (κ3) is 7.13. The van der Waals surface area contributed by atoms with Crippen LogP contribution >= 0.6 is 11.6 Å². The average Bonchev–Trinajstić information content (AvgIpc) is 2.92. The van der Waals surface area contributed by atoms with Crippen molar-refractivity contribution in [2.75, 3.05) is 45.2 Å². The Hall–Kier alpha value is -3.39. The van der Waals surface area contributed by atoms with Gasteiger partial charge in [0.1, 0.15) is 0 Å². The molecule has 1 aliphatic heterocycles. The number of amides is 2. The van der Waals surface area contributed by atoms with Gasteiger partial charge in [-0.1, -0.05) is 59.6 Å². The van der Waals surface area contributed by atoms with E-state index in [0.717, 1.165) is 24.2 Å². The Balaban J connectivity index is 1.36. The van der Waals surface area contributed by atoms with E-state index in [1.54, 1.807) is 30.0 Å². The van der Waals surface area contributed by atoms with Gasteiger partial charge in [-0.3, -0.25) is 4.90 Å². The highest BCUT2D eigenvalue weighted by molar-refractivity contribution is 6.30. The Labute approximate surface area is 229 Å². The van der Waals surface area contributed by atoms with Gasteiger partial charge < -0.3 is 19.7 Å². The summed E-state index contributed by atoms with van der Waals surface area (Å²) >= 11 is 6.13. The first-order chi connectivity index (χ1) is 18.3. The molecule has 3 aromatic rings. The largest absolute Gasteiger partial charge is 0.465 e. The van der Waals surface area contributed by atoms with E-state index in [9.17, 15) is 9.59 Å². The number of piperazine rings is 1. The molecule has 0 saturated carbocycles. The van der Waals surface area contributed by atoms with Crippen LogP contribution in [0.3, 0.4) is 0 Å². The summed E-state index contributed by atoms with van der Waals surface area (Å²) in [4.78, 5) is 29.1. The van der Waals surface area contributed by atoms with E-state index >= 15 is 0 Å². The van der Waals surface area contributed by atoms with E-state index < -0.39 is 5.97 Å². The Morgan fingerprint density at radius 3 is 2.37 bits per heavy atom. The number of aryl methyl sites for hydroxylation is 1. The molecule has 0 aromatic heterocycles. The fraction of sp³-hybridized carbons (Fsp3) is 0.333. The number of rotatable bonds is 8. The number of nitrogens with zero attached hydrogens (tertiary/aromatic N) is 2. The number of urea groups is 1. The van der Waals surface area contributed by atoms with Crippen molar-refractivity contribution in [1.29, 1.82) is 0 Å². The van der Waals surface area contributed by atoms with Gasteiger partial charge in [-0.15, -0.1) is 0 Å². The molecule has 1 fully saturated rings. The van der Waals surface area contributed by atoms with Gasteiger partial charge in [-0.05, 0) is 54.8 Å². The first-order valence-corrected chi connectivity index (χ1v) is 13.1. The molecule has 3 aromatic carbocycles. The molecule has 38 heavy (non-hydrogen) atoms. The Morgan fingerprint density at radius 1 is 0.974 bits per heavy atom. The summed E-state index contributed by atoms with van der Waals surface area (Å²) in [5.74, 6) is -0.424. The van der Waals surface area contributed by atoms with Gasteiger partial charge in [-0.25, -0.2) is 9.59 Å². The molecule has 1 N–H and O–H groups in total. The van der Waals surface area contributed by atoms with E-state index in [2.05, 4.69) is 35.3 Å². The van der Waals surface area contributed by atoms with Crippen LogP contribution in [0.4, 0.5) is 10.5 Å². The Bertz CT molecular complexity index is 1260. The van der Waals surface area contributed by atoms with E-state index in [0.29, 0.717) is 48.1 Å². The SMILES string of the molecule is COC(=O)c1cccc(NC(=O)N2CCN(C[C@H](OCc3cccc(C)c3)c3ccc(Cl)cc3)CC2)c1C. The minimum absolute atomic E-state index is 0.128. The lowest BCUT2D eigenvalue weighted by molar-refractivity contribution is 0.00592. The fourth-order valence-electron chi connectivity index (χ4n) is 4.59. The minimum atomic E-state index is -0.424. The van der Waals surface area contributed by atoms with Gasteiger partial charge in [0.25, 0.3) is 0 Å². The molecule has 1 heterocycles. The van der Waals surface area contributed by atoms with Gasteiger partial charge in [0.05, 0.1) is 25.4 Å². The summed E-state index contributed by atoms with van der Waals surface area (Å²) in [6.07, 6.45) is -0.128. The summed E-state index contributed by atoms with van der Waals surface area (Å²) < 4.78 is 11.2. The molecule has 4 rings (SSSR count). The van der Waals surface area contributed by atoms with Crippen molar-refractivity contribution < 1.29 is 19.1 Å². The van der Waals surface area contributed by atoms with Gasteiger partial charge >= 0.3 is 12.0 Å². The number of carbonyl (C=O) groups is 2. The number of anilines is 1. The number of halogens is 1. The van der Waals surface area contributed by atoms with E-state index in [1.165, 1.54) is 12.7 Å². The van der Waals surface area contributed by atoms with E-state index in [-0.39, 0.29) is 12.1 Å². The average molecular weight is 536 g/mol. The zero-order chi connectivity index (χ0) is 27.1. The summed E-state index contributed by atoms with van der Waals surface area (Å²) in [5, 5.41) is 3.65. The van der Waals surface area contributed by atoms with Crippen molar-refractivity contribution in [2.45, 2.75) is 26.6 Å². The van der Waals surface area contributed by atoms with Crippen LogP contribution in [-0.2, 0) is 16.1 Å². The second kappa shape index (κ2) is 12.9. The van der Waals surface area contributed by atoms with Gasteiger partial charge in [0.2, 0.25) is 0 Å². The molecule has 1 aliphatic rings. The minimum Gasteiger partial charge on any atom is -0.465 e. The van der Waals surface area contributed by atoms with E-state index in [1.807, 2.05) is 30.3 Å². The second-order valence-corrected chi connectivity index (χ2v) is 9.96. The lowest BCUT2D eigenvalue weighted by Crippen LogP contribution is -2.50. The summed E-state index contributed by atoms with van der Waals surface area (Å²) in [6.45, 7) is 7.74. The molecular weight excluding hydrogens is 502 g/mol. The zero-order valence-corrected chi connectivity index (χ0v) is 22.8. The van der Waals surface area contributed by atoms with E-state index in [4.69, 9.17) is 21.1 Å². The number of methoxy groups -OCH3 is 1. The lowest BCUT2D eigenvalue weighted by atomic mass is 10.1. The first kappa shape index (κ1) is 27.6. The summed E-state index contributed by atoms with van der Waals surface area (Å²) in [5.41, 5.74) is 5.14. The van der Waals surface area contributed by atoms with Crippen LogP contribution in [-0.4, -0.2) is 61.6 Å². The predicted molar refractivity (Wildman–Crippen MR) is 150 cm³/mol. The molecule has 7 nitrogen and oxygen atoms in total. The number of ether oxygens (including phenoxy) is 2. The van der Waals surface area contributed by atoms with Crippen LogP contribution in [0.5, 0.6) is 0 Å². The van der Waals surface area contributed by atoms with Crippen molar-refractivity contribution >= 4 is 29.3 Å². The fourth-order valence-corrected chi connectivity index (χ4v) is 4.72. The van der Waals surface area contributed by atoms with Crippen LogP contribution in [0, 0.1) is 13.8 Å². The molecule has 0 bridgehead atoms. The number of nitrogens with one attached hydrogen (secondary N) is 1. The van der Waals surface area contributed by atoms with Crippen LogP contribution in [0.1, 0.15) is 38.7 Å². The molecule has 0 unspecified atom stereocenters. The molecule has 2 amide bonds. The topological polar surface area (TPSA) is 71.1 Å². The first-order valence-electron chi connectivity index (χ1n) is 12.7. The number of carbonyl (C=O) groups excluding carboxylic acids is 2. The highest BCUT2D eigenvalue weighted by atomic mass is 35.5. The van der Waals surface area contributed by atoms with Crippen molar-refractivity contribution in [3.8, 4) is 0 Å². The normalized spacial score (nSPS) is 14.7. The smallest absolute Gasteiger partial charge is 0.338 e. The molecule has 1 saturated heterocycles. The van der Waals surface area contributed by atoms with Crippen LogP contribution in [0.25, 0.3) is 0 Å². The standard InChI is InChI=1S/C30H34ClN3O4/c1-21-6-4-7-23(18-21)20-38-28(24-10-12-25(31)13-11-24)19-33-14-16-34(17-15-33)30(36)32-27-9-5-8-26(22(27)2)29(35)37-3/h4-13,18,28H,14-17,19-20H2,1-3H3,(H,32,36)/t28-/m0/s1. The Kier molecular flexibility index (Phi) is 9.39. The van der Waals surface area contributed by atoms with Crippen LogP contribution < -0.4 is 5.32 Å². The molecule has 8 heteroatoms. The molecule has 0 radical (unpaired) electrons. The third-order valence-corrected chi connectivity index (χ3v) is 7.09. The quantitative estimate of drug-likeness (QED) is 0.366. The maximum Gasteiger partial charge on any atom is 0.338 e. The Morgan fingerprint density at radius 2 is 1.68 bits per heavy atom. The van der Waals surface area contributed by atoms with Crippen molar-refractivity contribution in [1.82, 2.24) is 9.80 Å². The maximum atomic E-state index is 13.0. The predicted octanol–water partition coefficient (Wildman–Crippen LogP) is 5.85. The molecule has 0 aliphatic carbocycles. The number of esters is 1. The van der Waals surface area contributed by atoms with Gasteiger partial charge in [0.15, 0.2) is 0 Å². The zero-order valence-electron chi connectivity index (χ0n) is 22.1. The summed E-state index contributed by atoms with van der Waals surface area (Å²) in [6, 6.07) is 21.2. The number of benzene rings is 3. The highest BCUT2D eigenvalue weighted by Crippen LogP contribution is 2.24. The third-order valence-electron chi connectivity index (χ3n) is 6.84. The highest BCUT2D eigenvalue weighted by Gasteiger charge is 2.25. The number of hydrogen-bond acceptors (Lipinski definition) is 5. The van der Waals surface area contributed by atoms with Crippen LogP contribution in [0.15, 0.2) is 66.7 Å². The monoisotopic (exact) mass is 535 g/mol. The lowest BCUT2D eigenvalue weighted by Gasteiger charge is -2.36. The van der Waals surface area contributed by atoms with Crippen molar-refractivity contribution in [2.24, 2.45) is 0 Å². The van der Waals surface area contributed by atoms with Crippen molar-refractivity contribution in [3.05, 3.63) is 99.6 Å². The van der Waals surface area contributed by atoms with Gasteiger partial charge in [-0.2, -0.15) is 0 Å². The van der Waals surface area contributed by atoms with Crippen molar-refractivity contribution in [3.63, 3.8) is 0 Å².